The lowest BCUT2D eigenvalue weighted by atomic mass is 9.83. The highest BCUT2D eigenvalue weighted by molar-refractivity contribution is 4.89. The first-order valence-electron chi connectivity index (χ1n) is 7.45. The average Bonchev–Trinajstić information content (AvgIpc) is 2.23. The highest BCUT2D eigenvalue weighted by atomic mass is 16.3. The van der Waals surface area contributed by atoms with Crippen molar-refractivity contribution in [2.75, 3.05) is 26.2 Å². The van der Waals surface area contributed by atoms with Gasteiger partial charge in [0, 0.05) is 19.1 Å². The molecule has 1 heterocycles. The van der Waals surface area contributed by atoms with Crippen molar-refractivity contribution in [1.82, 2.24) is 10.2 Å². The molecule has 3 nitrogen and oxygen atoms in total. The van der Waals surface area contributed by atoms with Gasteiger partial charge in [0.25, 0.3) is 0 Å². The lowest BCUT2D eigenvalue weighted by Crippen LogP contribution is -2.52. The van der Waals surface area contributed by atoms with Crippen LogP contribution >= 0.6 is 0 Å². The van der Waals surface area contributed by atoms with Crippen molar-refractivity contribution in [3.05, 3.63) is 0 Å². The maximum absolute atomic E-state index is 10.2. The number of piperidine rings is 1. The Morgan fingerprint density at radius 3 is 2.67 bits per heavy atom. The Labute approximate surface area is 113 Å². The summed E-state index contributed by atoms with van der Waals surface area (Å²) >= 11 is 0. The minimum atomic E-state index is -0.492. The molecular weight excluding hydrogens is 224 g/mol. The Morgan fingerprint density at radius 1 is 1.44 bits per heavy atom. The van der Waals surface area contributed by atoms with E-state index < -0.39 is 5.60 Å². The zero-order valence-corrected chi connectivity index (χ0v) is 12.9. The van der Waals surface area contributed by atoms with Gasteiger partial charge in [-0.1, -0.05) is 20.8 Å². The molecule has 1 saturated heterocycles. The first-order valence-corrected chi connectivity index (χ1v) is 7.45. The van der Waals surface area contributed by atoms with Crippen LogP contribution in [0.3, 0.4) is 0 Å². The van der Waals surface area contributed by atoms with E-state index in [2.05, 4.69) is 37.9 Å². The molecule has 0 saturated carbocycles. The van der Waals surface area contributed by atoms with Crippen LogP contribution in [0, 0.1) is 5.41 Å². The van der Waals surface area contributed by atoms with E-state index in [4.69, 9.17) is 0 Å². The van der Waals surface area contributed by atoms with E-state index in [0.717, 1.165) is 39.0 Å². The Morgan fingerprint density at radius 2 is 2.11 bits per heavy atom. The number of β-amino-alcohol motifs (C(OH)–C–C–N with tert-alkyl or cyclic N) is 1. The van der Waals surface area contributed by atoms with Crippen molar-refractivity contribution < 1.29 is 5.11 Å². The van der Waals surface area contributed by atoms with E-state index in [1.807, 2.05) is 6.92 Å². The SMILES string of the molecule is CCCNC(C)C(C)(C)CN1CCCC(C)(O)C1. The van der Waals surface area contributed by atoms with Gasteiger partial charge in [0.1, 0.15) is 0 Å². The monoisotopic (exact) mass is 256 g/mol. The summed E-state index contributed by atoms with van der Waals surface area (Å²) in [6.07, 6.45) is 3.23. The molecule has 2 N–H and O–H groups in total. The van der Waals surface area contributed by atoms with Gasteiger partial charge in [0.05, 0.1) is 5.60 Å². The van der Waals surface area contributed by atoms with Gasteiger partial charge in [-0.05, 0) is 51.6 Å². The summed E-state index contributed by atoms with van der Waals surface area (Å²) in [6, 6.07) is 0.504. The highest BCUT2D eigenvalue weighted by Gasteiger charge is 2.33. The molecule has 1 fully saturated rings. The van der Waals surface area contributed by atoms with Gasteiger partial charge in [-0.2, -0.15) is 0 Å². The summed E-state index contributed by atoms with van der Waals surface area (Å²) in [5, 5.41) is 13.8. The largest absolute Gasteiger partial charge is 0.389 e. The number of rotatable bonds is 6. The molecule has 2 unspecified atom stereocenters. The number of hydrogen-bond acceptors (Lipinski definition) is 3. The second-order valence-electron chi connectivity index (χ2n) is 6.98. The predicted octanol–water partition coefficient (Wildman–Crippen LogP) is 2.25. The van der Waals surface area contributed by atoms with Crippen molar-refractivity contribution >= 4 is 0 Å². The van der Waals surface area contributed by atoms with Gasteiger partial charge >= 0.3 is 0 Å². The van der Waals surface area contributed by atoms with E-state index in [1.165, 1.54) is 6.42 Å². The molecule has 1 aliphatic rings. The summed E-state index contributed by atoms with van der Waals surface area (Å²) in [4.78, 5) is 2.42. The molecule has 0 aromatic rings. The maximum atomic E-state index is 10.2. The molecule has 0 aliphatic carbocycles. The van der Waals surface area contributed by atoms with Gasteiger partial charge < -0.3 is 10.4 Å². The first-order chi connectivity index (χ1) is 8.27. The van der Waals surface area contributed by atoms with Crippen LogP contribution in [0.15, 0.2) is 0 Å². The molecule has 2 atom stereocenters. The molecule has 1 rings (SSSR count). The zero-order chi connectivity index (χ0) is 13.8. The second kappa shape index (κ2) is 6.36. The number of nitrogens with one attached hydrogen (secondary N) is 1. The van der Waals surface area contributed by atoms with Gasteiger partial charge in [-0.15, -0.1) is 0 Å². The Hall–Kier alpha value is -0.120. The first kappa shape index (κ1) is 15.9. The molecule has 0 radical (unpaired) electrons. The second-order valence-corrected chi connectivity index (χ2v) is 6.98. The summed E-state index contributed by atoms with van der Waals surface area (Å²) in [6.45, 7) is 15.2. The molecule has 0 aromatic carbocycles. The molecule has 18 heavy (non-hydrogen) atoms. The fourth-order valence-electron chi connectivity index (χ4n) is 2.81. The molecule has 0 aromatic heterocycles. The van der Waals surface area contributed by atoms with Crippen LogP contribution in [0.1, 0.15) is 53.9 Å². The minimum absolute atomic E-state index is 0.239. The van der Waals surface area contributed by atoms with Crippen LogP contribution in [0.2, 0.25) is 0 Å². The highest BCUT2D eigenvalue weighted by Crippen LogP contribution is 2.27. The van der Waals surface area contributed by atoms with E-state index in [0.29, 0.717) is 6.04 Å². The number of likely N-dealkylation sites (tertiary alicyclic amines) is 1. The topological polar surface area (TPSA) is 35.5 Å². The molecular formula is C15H32N2O. The van der Waals surface area contributed by atoms with Gasteiger partial charge in [0.15, 0.2) is 0 Å². The summed E-state index contributed by atoms with van der Waals surface area (Å²) in [5.74, 6) is 0. The van der Waals surface area contributed by atoms with Crippen LogP contribution in [0.5, 0.6) is 0 Å². The van der Waals surface area contributed by atoms with E-state index in [9.17, 15) is 5.11 Å². The summed E-state index contributed by atoms with van der Waals surface area (Å²) < 4.78 is 0. The standard InChI is InChI=1S/C15H32N2O/c1-6-9-16-13(2)14(3,4)11-17-10-7-8-15(5,18)12-17/h13,16,18H,6-12H2,1-5H3. The molecule has 0 spiro atoms. The number of aliphatic hydroxyl groups is 1. The predicted molar refractivity (Wildman–Crippen MR) is 77.8 cm³/mol. The van der Waals surface area contributed by atoms with Crippen molar-refractivity contribution in [1.29, 1.82) is 0 Å². The lowest BCUT2D eigenvalue weighted by molar-refractivity contribution is -0.0282. The van der Waals surface area contributed by atoms with E-state index in [-0.39, 0.29) is 5.41 Å². The third-order valence-electron chi connectivity index (χ3n) is 4.26. The van der Waals surface area contributed by atoms with Crippen molar-refractivity contribution in [2.45, 2.75) is 65.5 Å². The Bertz CT molecular complexity index is 251. The Kier molecular flexibility index (Phi) is 5.63. The molecule has 0 bridgehead atoms. The van der Waals surface area contributed by atoms with Crippen LogP contribution in [-0.4, -0.2) is 47.8 Å². The van der Waals surface area contributed by atoms with Crippen molar-refractivity contribution in [3.63, 3.8) is 0 Å². The van der Waals surface area contributed by atoms with Crippen molar-refractivity contribution in [2.24, 2.45) is 5.41 Å². The van der Waals surface area contributed by atoms with Gasteiger partial charge in [0.2, 0.25) is 0 Å². The number of nitrogens with zero attached hydrogens (tertiary/aromatic N) is 1. The normalized spacial score (nSPS) is 28.3. The zero-order valence-electron chi connectivity index (χ0n) is 12.9. The number of hydrogen-bond donors (Lipinski definition) is 2. The summed E-state index contributed by atoms with van der Waals surface area (Å²) in [5.41, 5.74) is -0.253. The third-order valence-corrected chi connectivity index (χ3v) is 4.26. The van der Waals surface area contributed by atoms with Crippen LogP contribution < -0.4 is 5.32 Å². The molecule has 108 valence electrons. The van der Waals surface area contributed by atoms with E-state index in [1.54, 1.807) is 0 Å². The average molecular weight is 256 g/mol. The summed E-state index contributed by atoms with van der Waals surface area (Å²) in [7, 11) is 0. The third kappa shape index (κ3) is 4.87. The molecule has 0 amide bonds. The van der Waals surface area contributed by atoms with Crippen LogP contribution in [0.25, 0.3) is 0 Å². The van der Waals surface area contributed by atoms with Crippen molar-refractivity contribution in [3.8, 4) is 0 Å². The molecule has 1 aliphatic heterocycles. The lowest BCUT2D eigenvalue weighted by Gasteiger charge is -2.43. The molecule has 3 heteroatoms. The minimum Gasteiger partial charge on any atom is -0.389 e. The van der Waals surface area contributed by atoms with E-state index >= 15 is 0 Å². The maximum Gasteiger partial charge on any atom is 0.0746 e. The fourth-order valence-corrected chi connectivity index (χ4v) is 2.81. The van der Waals surface area contributed by atoms with Gasteiger partial charge in [-0.25, -0.2) is 0 Å². The quantitative estimate of drug-likeness (QED) is 0.765. The fraction of sp³-hybridized carbons (Fsp3) is 1.00. The van der Waals surface area contributed by atoms with Crippen LogP contribution in [0.4, 0.5) is 0 Å². The smallest absolute Gasteiger partial charge is 0.0746 e. The van der Waals surface area contributed by atoms with Gasteiger partial charge in [-0.3, -0.25) is 4.90 Å². The Balaban J connectivity index is 2.48. The van der Waals surface area contributed by atoms with Crippen LogP contribution in [-0.2, 0) is 0 Å².